The Morgan fingerprint density at radius 1 is 1.69 bits per heavy atom. The van der Waals surface area contributed by atoms with Crippen LogP contribution in [0.4, 0.5) is 0 Å². The lowest BCUT2D eigenvalue weighted by Gasteiger charge is -1.95. The maximum Gasteiger partial charge on any atom is 0.138 e. The average molecular weight is 199 g/mol. The molecular formula is C9H13NO2S. The summed E-state index contributed by atoms with van der Waals surface area (Å²) in [5.41, 5.74) is 0.852. The fourth-order valence-corrected chi connectivity index (χ4v) is 1.67. The van der Waals surface area contributed by atoms with Crippen LogP contribution in [-0.4, -0.2) is 22.5 Å². The van der Waals surface area contributed by atoms with Gasteiger partial charge in [-0.05, 0) is 13.3 Å². The number of Topliss-reactive ketones (excluding diaryl/α,β-unsaturated/α-hetero) is 1. The van der Waals surface area contributed by atoms with Crippen LogP contribution < -0.4 is 0 Å². The third-order valence-electron chi connectivity index (χ3n) is 1.66. The number of aryl methyl sites for hydroxylation is 1. The van der Waals surface area contributed by atoms with Crippen molar-refractivity contribution in [2.24, 2.45) is 0 Å². The molecule has 0 spiro atoms. The Balaban J connectivity index is 2.36. The lowest BCUT2D eigenvalue weighted by atomic mass is 10.1. The summed E-state index contributed by atoms with van der Waals surface area (Å²) in [5.74, 6) is 0.152. The Kier molecular flexibility index (Phi) is 4.05. The first-order valence-electron chi connectivity index (χ1n) is 4.26. The second kappa shape index (κ2) is 5.09. The van der Waals surface area contributed by atoms with Crippen molar-refractivity contribution in [2.45, 2.75) is 26.2 Å². The summed E-state index contributed by atoms with van der Waals surface area (Å²) in [5, 5.41) is 11.4. The van der Waals surface area contributed by atoms with E-state index < -0.39 is 0 Å². The van der Waals surface area contributed by atoms with Crippen molar-refractivity contribution in [3.63, 3.8) is 0 Å². The Bertz CT molecular complexity index is 283. The maximum atomic E-state index is 11.2. The van der Waals surface area contributed by atoms with E-state index in [-0.39, 0.29) is 12.4 Å². The highest BCUT2D eigenvalue weighted by molar-refractivity contribution is 7.09. The van der Waals surface area contributed by atoms with Gasteiger partial charge in [0, 0.05) is 24.8 Å². The Morgan fingerprint density at radius 2 is 2.46 bits per heavy atom. The normalized spacial score (nSPS) is 10.3. The number of ketones is 1. The van der Waals surface area contributed by atoms with E-state index in [1.165, 1.54) is 0 Å². The number of hydrogen-bond acceptors (Lipinski definition) is 4. The molecule has 0 atom stereocenters. The van der Waals surface area contributed by atoms with Gasteiger partial charge in [0.25, 0.3) is 0 Å². The van der Waals surface area contributed by atoms with Gasteiger partial charge in [0.2, 0.25) is 0 Å². The molecular weight excluding hydrogens is 186 g/mol. The van der Waals surface area contributed by atoms with Crippen molar-refractivity contribution >= 4 is 17.1 Å². The minimum atomic E-state index is 0.0852. The van der Waals surface area contributed by atoms with E-state index in [4.69, 9.17) is 5.11 Å². The van der Waals surface area contributed by atoms with Crippen LogP contribution in [0.15, 0.2) is 5.38 Å². The number of aliphatic hydroxyl groups excluding tert-OH is 1. The first kappa shape index (κ1) is 10.3. The zero-order valence-electron chi connectivity index (χ0n) is 7.62. The summed E-state index contributed by atoms with van der Waals surface area (Å²) in [6.07, 6.45) is 1.42. The van der Waals surface area contributed by atoms with E-state index in [1.807, 2.05) is 12.3 Å². The molecule has 0 amide bonds. The maximum absolute atomic E-state index is 11.2. The SMILES string of the molecule is Cc1nc(CC(=O)CCCO)cs1. The molecule has 4 heteroatoms. The molecule has 72 valence electrons. The summed E-state index contributed by atoms with van der Waals surface area (Å²) in [4.78, 5) is 15.4. The number of aliphatic hydroxyl groups is 1. The highest BCUT2D eigenvalue weighted by atomic mass is 32.1. The molecule has 0 aliphatic rings. The molecule has 0 radical (unpaired) electrons. The minimum Gasteiger partial charge on any atom is -0.396 e. The second-order valence-electron chi connectivity index (χ2n) is 2.90. The van der Waals surface area contributed by atoms with Crippen LogP contribution in [0.3, 0.4) is 0 Å². The van der Waals surface area contributed by atoms with Gasteiger partial charge < -0.3 is 5.11 Å². The van der Waals surface area contributed by atoms with E-state index >= 15 is 0 Å². The second-order valence-corrected chi connectivity index (χ2v) is 3.96. The molecule has 1 rings (SSSR count). The molecule has 0 aliphatic heterocycles. The van der Waals surface area contributed by atoms with E-state index in [2.05, 4.69) is 4.98 Å². The number of thiazole rings is 1. The number of hydrogen-bond donors (Lipinski definition) is 1. The first-order valence-corrected chi connectivity index (χ1v) is 5.14. The standard InChI is InChI=1S/C9H13NO2S/c1-7-10-8(6-13-7)5-9(12)3-2-4-11/h6,11H,2-5H2,1H3. The van der Waals surface area contributed by atoms with Crippen LogP contribution in [0.2, 0.25) is 0 Å². The molecule has 1 N–H and O–H groups in total. The zero-order chi connectivity index (χ0) is 9.68. The Labute approximate surface area is 81.4 Å². The van der Waals surface area contributed by atoms with Crippen LogP contribution in [0.5, 0.6) is 0 Å². The van der Waals surface area contributed by atoms with Crippen molar-refractivity contribution in [3.8, 4) is 0 Å². The third kappa shape index (κ3) is 3.65. The summed E-state index contributed by atoms with van der Waals surface area (Å²) in [7, 11) is 0. The summed E-state index contributed by atoms with van der Waals surface area (Å²) < 4.78 is 0. The van der Waals surface area contributed by atoms with E-state index in [9.17, 15) is 4.79 Å². The number of carbonyl (C=O) groups is 1. The molecule has 0 unspecified atom stereocenters. The monoisotopic (exact) mass is 199 g/mol. The van der Waals surface area contributed by atoms with Gasteiger partial charge in [-0.2, -0.15) is 0 Å². The molecule has 0 saturated carbocycles. The topological polar surface area (TPSA) is 50.2 Å². The first-order chi connectivity index (χ1) is 6.22. The van der Waals surface area contributed by atoms with Gasteiger partial charge in [-0.1, -0.05) is 0 Å². The van der Waals surface area contributed by atoms with Gasteiger partial charge in [0.05, 0.1) is 10.7 Å². The predicted molar refractivity (Wildman–Crippen MR) is 51.9 cm³/mol. The van der Waals surface area contributed by atoms with Crippen molar-refractivity contribution in [1.29, 1.82) is 0 Å². The third-order valence-corrected chi connectivity index (χ3v) is 2.48. The highest BCUT2D eigenvalue weighted by Gasteiger charge is 2.05. The largest absolute Gasteiger partial charge is 0.396 e. The van der Waals surface area contributed by atoms with Crippen molar-refractivity contribution in [3.05, 3.63) is 16.1 Å². The van der Waals surface area contributed by atoms with Gasteiger partial charge in [-0.15, -0.1) is 11.3 Å². The molecule has 0 aromatic carbocycles. The van der Waals surface area contributed by atoms with Crippen LogP contribution >= 0.6 is 11.3 Å². The fourth-order valence-electron chi connectivity index (χ4n) is 1.06. The molecule has 1 aromatic rings. The highest BCUT2D eigenvalue weighted by Crippen LogP contribution is 2.09. The quantitative estimate of drug-likeness (QED) is 0.778. The minimum absolute atomic E-state index is 0.0852. The number of rotatable bonds is 5. The molecule has 3 nitrogen and oxygen atoms in total. The van der Waals surface area contributed by atoms with Crippen LogP contribution in [0, 0.1) is 6.92 Å². The number of aromatic nitrogens is 1. The lowest BCUT2D eigenvalue weighted by Crippen LogP contribution is -2.03. The lowest BCUT2D eigenvalue weighted by molar-refractivity contribution is -0.118. The fraction of sp³-hybridized carbons (Fsp3) is 0.556. The molecule has 0 fully saturated rings. The van der Waals surface area contributed by atoms with Gasteiger partial charge in [-0.25, -0.2) is 4.98 Å². The molecule has 13 heavy (non-hydrogen) atoms. The van der Waals surface area contributed by atoms with Crippen molar-refractivity contribution < 1.29 is 9.90 Å². The molecule has 0 bridgehead atoms. The summed E-state index contributed by atoms with van der Waals surface area (Å²) >= 11 is 1.56. The smallest absolute Gasteiger partial charge is 0.138 e. The molecule has 1 aromatic heterocycles. The van der Waals surface area contributed by atoms with Gasteiger partial charge in [0.1, 0.15) is 5.78 Å². The van der Waals surface area contributed by atoms with Crippen LogP contribution in [0.25, 0.3) is 0 Å². The number of carbonyl (C=O) groups excluding carboxylic acids is 1. The van der Waals surface area contributed by atoms with Crippen LogP contribution in [0.1, 0.15) is 23.5 Å². The van der Waals surface area contributed by atoms with Gasteiger partial charge in [-0.3, -0.25) is 4.79 Å². The molecule has 0 aliphatic carbocycles. The van der Waals surface area contributed by atoms with Crippen LogP contribution in [-0.2, 0) is 11.2 Å². The predicted octanol–water partition coefficient (Wildman–Crippen LogP) is 1.34. The van der Waals surface area contributed by atoms with E-state index in [1.54, 1.807) is 11.3 Å². The van der Waals surface area contributed by atoms with Gasteiger partial charge in [0.15, 0.2) is 0 Å². The molecule has 0 saturated heterocycles. The average Bonchev–Trinajstić information content (AvgIpc) is 2.48. The number of nitrogens with zero attached hydrogens (tertiary/aromatic N) is 1. The Morgan fingerprint density at radius 3 is 3.00 bits per heavy atom. The van der Waals surface area contributed by atoms with Crippen molar-refractivity contribution in [1.82, 2.24) is 4.98 Å². The summed E-state index contributed by atoms with van der Waals surface area (Å²) in [6.45, 7) is 2.01. The van der Waals surface area contributed by atoms with E-state index in [0.29, 0.717) is 19.3 Å². The van der Waals surface area contributed by atoms with E-state index in [0.717, 1.165) is 10.7 Å². The zero-order valence-corrected chi connectivity index (χ0v) is 8.43. The summed E-state index contributed by atoms with van der Waals surface area (Å²) in [6, 6.07) is 0. The van der Waals surface area contributed by atoms with Gasteiger partial charge >= 0.3 is 0 Å². The Hall–Kier alpha value is -0.740. The molecule has 1 heterocycles. The van der Waals surface area contributed by atoms with Crippen molar-refractivity contribution in [2.75, 3.05) is 6.61 Å².